The van der Waals surface area contributed by atoms with Crippen molar-refractivity contribution in [2.45, 2.75) is 40.0 Å². The van der Waals surface area contributed by atoms with Gasteiger partial charge in [-0.25, -0.2) is 0 Å². The summed E-state index contributed by atoms with van der Waals surface area (Å²) in [6.45, 7) is 10.0. The molecule has 0 radical (unpaired) electrons. The average molecular weight is 398 g/mol. The molecule has 0 saturated carbocycles. The fraction of sp³-hybridized carbons (Fsp3) is 0.318. The van der Waals surface area contributed by atoms with Crippen LogP contribution in [0.15, 0.2) is 48.5 Å². The summed E-state index contributed by atoms with van der Waals surface area (Å²) < 4.78 is 0. The minimum Gasteiger partial charge on any atom is -0.332 e. The molecule has 0 spiro atoms. The van der Waals surface area contributed by atoms with Crippen LogP contribution >= 0.6 is 12.2 Å². The second-order valence-electron chi connectivity index (χ2n) is 7.96. The van der Waals surface area contributed by atoms with E-state index in [1.807, 2.05) is 26.0 Å². The number of anilines is 2. The van der Waals surface area contributed by atoms with Crippen LogP contribution in [0.1, 0.15) is 50.5 Å². The van der Waals surface area contributed by atoms with E-state index in [2.05, 4.69) is 36.7 Å². The van der Waals surface area contributed by atoms with Crippen LogP contribution in [-0.4, -0.2) is 16.9 Å². The van der Waals surface area contributed by atoms with Gasteiger partial charge in [-0.2, -0.15) is 0 Å². The Bertz CT molecular complexity index is 851. The molecule has 0 aliphatic carbocycles. The number of benzene rings is 2. The Morgan fingerprint density at radius 2 is 1.36 bits per heavy atom. The van der Waals surface area contributed by atoms with Crippen LogP contribution in [0.25, 0.3) is 0 Å². The van der Waals surface area contributed by atoms with Gasteiger partial charge in [0.05, 0.1) is 0 Å². The lowest BCUT2D eigenvalue weighted by Crippen LogP contribution is -2.34. The molecule has 0 saturated heterocycles. The molecule has 0 atom stereocenters. The zero-order valence-electron chi connectivity index (χ0n) is 16.9. The Morgan fingerprint density at radius 1 is 0.857 bits per heavy atom. The number of carbonyl (C=O) groups is 2. The van der Waals surface area contributed by atoms with Crippen molar-refractivity contribution in [2.24, 2.45) is 5.92 Å². The van der Waals surface area contributed by atoms with E-state index in [-0.39, 0.29) is 28.3 Å². The van der Waals surface area contributed by atoms with Crippen molar-refractivity contribution in [3.05, 3.63) is 59.7 Å². The maximum atomic E-state index is 12.4. The maximum Gasteiger partial charge on any atom is 0.257 e. The fourth-order valence-electron chi connectivity index (χ4n) is 2.38. The molecule has 2 aromatic carbocycles. The van der Waals surface area contributed by atoms with Crippen LogP contribution in [0.4, 0.5) is 11.4 Å². The zero-order valence-corrected chi connectivity index (χ0v) is 17.7. The third-order valence-corrected chi connectivity index (χ3v) is 4.38. The van der Waals surface area contributed by atoms with Gasteiger partial charge >= 0.3 is 0 Å². The smallest absolute Gasteiger partial charge is 0.257 e. The van der Waals surface area contributed by atoms with Crippen molar-refractivity contribution in [3.63, 3.8) is 0 Å². The highest BCUT2D eigenvalue weighted by atomic mass is 32.1. The summed E-state index contributed by atoms with van der Waals surface area (Å²) in [4.78, 5) is 24.1. The van der Waals surface area contributed by atoms with Gasteiger partial charge in [-0.15, -0.1) is 0 Å². The molecule has 3 N–H and O–H groups in total. The summed E-state index contributed by atoms with van der Waals surface area (Å²) >= 11 is 5.22. The van der Waals surface area contributed by atoms with Gasteiger partial charge in [0.15, 0.2) is 5.11 Å². The number of carbonyl (C=O) groups excluding carboxylic acids is 2. The number of hydrogen-bond acceptors (Lipinski definition) is 3. The topological polar surface area (TPSA) is 70.2 Å². The van der Waals surface area contributed by atoms with Gasteiger partial charge in [0.2, 0.25) is 5.91 Å². The van der Waals surface area contributed by atoms with Gasteiger partial charge in [-0.1, -0.05) is 46.8 Å². The molecule has 0 aliphatic rings. The molecule has 6 heteroatoms. The van der Waals surface area contributed by atoms with E-state index >= 15 is 0 Å². The predicted octanol–water partition coefficient (Wildman–Crippen LogP) is 4.71. The molecule has 0 aliphatic heterocycles. The van der Waals surface area contributed by atoms with Crippen molar-refractivity contribution in [2.75, 3.05) is 10.6 Å². The summed E-state index contributed by atoms with van der Waals surface area (Å²) in [6.07, 6.45) is 0. The third kappa shape index (κ3) is 6.16. The van der Waals surface area contributed by atoms with Gasteiger partial charge in [0.25, 0.3) is 5.91 Å². The van der Waals surface area contributed by atoms with Crippen molar-refractivity contribution in [1.82, 2.24) is 5.32 Å². The van der Waals surface area contributed by atoms with E-state index in [9.17, 15) is 9.59 Å². The fourth-order valence-corrected chi connectivity index (χ4v) is 2.59. The number of nitrogens with one attached hydrogen (secondary N) is 3. The van der Waals surface area contributed by atoms with Gasteiger partial charge in [-0.3, -0.25) is 14.9 Å². The molecule has 0 fully saturated rings. The van der Waals surface area contributed by atoms with Crippen LogP contribution in [0, 0.1) is 5.92 Å². The van der Waals surface area contributed by atoms with E-state index in [0.717, 1.165) is 11.3 Å². The van der Waals surface area contributed by atoms with Crippen LogP contribution in [0.2, 0.25) is 0 Å². The monoisotopic (exact) mass is 397 g/mol. The summed E-state index contributed by atoms with van der Waals surface area (Å²) in [7, 11) is 0. The first-order chi connectivity index (χ1) is 13.1. The van der Waals surface area contributed by atoms with E-state index in [1.54, 1.807) is 36.4 Å². The lowest BCUT2D eigenvalue weighted by atomic mass is 9.87. The summed E-state index contributed by atoms with van der Waals surface area (Å²) in [5, 5.41) is 8.68. The first-order valence-electron chi connectivity index (χ1n) is 9.20. The minimum absolute atomic E-state index is 0.0344. The highest BCUT2D eigenvalue weighted by molar-refractivity contribution is 7.80. The molecule has 2 amide bonds. The number of rotatable bonds is 4. The van der Waals surface area contributed by atoms with Crippen molar-refractivity contribution in [1.29, 1.82) is 0 Å². The van der Waals surface area contributed by atoms with Crippen molar-refractivity contribution in [3.8, 4) is 0 Å². The lowest BCUT2D eigenvalue weighted by Gasteiger charge is -2.19. The zero-order chi connectivity index (χ0) is 20.9. The summed E-state index contributed by atoms with van der Waals surface area (Å²) in [5.74, 6) is -0.391. The largest absolute Gasteiger partial charge is 0.332 e. The number of hydrogen-bond donors (Lipinski definition) is 3. The van der Waals surface area contributed by atoms with Crippen molar-refractivity contribution >= 4 is 40.5 Å². The quantitative estimate of drug-likeness (QED) is 0.654. The molecule has 0 unspecified atom stereocenters. The first kappa shape index (κ1) is 21.6. The highest BCUT2D eigenvalue weighted by Crippen LogP contribution is 2.22. The molecule has 0 aromatic heterocycles. The Balaban J connectivity index is 1.92. The first-order valence-corrected chi connectivity index (χ1v) is 9.61. The Labute approximate surface area is 171 Å². The van der Waals surface area contributed by atoms with E-state index in [4.69, 9.17) is 12.2 Å². The SMILES string of the molecule is CC(C)C(=O)Nc1ccc(NC(=S)NC(=O)c2ccc(C(C)(C)C)cc2)cc1. The van der Waals surface area contributed by atoms with Gasteiger partial charge in [0.1, 0.15) is 0 Å². The molecule has 0 heterocycles. The van der Waals surface area contributed by atoms with E-state index in [0.29, 0.717) is 11.3 Å². The minimum atomic E-state index is -0.265. The van der Waals surface area contributed by atoms with Gasteiger partial charge < -0.3 is 10.6 Å². The molecule has 2 rings (SSSR count). The molecule has 2 aromatic rings. The molecule has 0 bridgehead atoms. The standard InChI is InChI=1S/C22H27N3O2S/c1-14(2)19(26)23-17-10-12-18(13-11-17)24-21(28)25-20(27)15-6-8-16(9-7-15)22(3,4)5/h6-14H,1-5H3,(H,23,26)(H2,24,25,27,28). The number of amides is 2. The third-order valence-electron chi connectivity index (χ3n) is 4.17. The Morgan fingerprint density at radius 3 is 1.82 bits per heavy atom. The summed E-state index contributed by atoms with van der Waals surface area (Å²) in [6, 6.07) is 14.6. The van der Waals surface area contributed by atoms with Crippen molar-refractivity contribution < 1.29 is 9.59 Å². The second kappa shape index (κ2) is 8.97. The Kier molecular flexibility index (Phi) is 6.91. The highest BCUT2D eigenvalue weighted by Gasteiger charge is 2.15. The molecule has 5 nitrogen and oxygen atoms in total. The van der Waals surface area contributed by atoms with Crippen LogP contribution in [-0.2, 0) is 10.2 Å². The van der Waals surface area contributed by atoms with Gasteiger partial charge in [0, 0.05) is 22.9 Å². The molecule has 148 valence electrons. The van der Waals surface area contributed by atoms with Crippen LogP contribution < -0.4 is 16.0 Å². The average Bonchev–Trinajstić information content (AvgIpc) is 2.62. The van der Waals surface area contributed by atoms with Crippen LogP contribution in [0.5, 0.6) is 0 Å². The molecule has 28 heavy (non-hydrogen) atoms. The normalized spacial score (nSPS) is 11.1. The van der Waals surface area contributed by atoms with E-state index in [1.165, 1.54) is 0 Å². The second-order valence-corrected chi connectivity index (χ2v) is 8.37. The summed E-state index contributed by atoms with van der Waals surface area (Å²) in [5.41, 5.74) is 3.17. The van der Waals surface area contributed by atoms with Gasteiger partial charge in [-0.05, 0) is 59.6 Å². The molecular weight excluding hydrogens is 370 g/mol. The predicted molar refractivity (Wildman–Crippen MR) is 119 cm³/mol. The molecular formula is C22H27N3O2S. The van der Waals surface area contributed by atoms with E-state index < -0.39 is 0 Å². The Hall–Kier alpha value is -2.73. The lowest BCUT2D eigenvalue weighted by molar-refractivity contribution is -0.118. The number of thiocarbonyl (C=S) groups is 1. The van der Waals surface area contributed by atoms with Crippen LogP contribution in [0.3, 0.4) is 0 Å². The maximum absolute atomic E-state index is 12.4.